The zero-order valence-corrected chi connectivity index (χ0v) is 16.8. The van der Waals surface area contributed by atoms with Crippen LogP contribution in [0, 0.1) is 5.92 Å². The van der Waals surface area contributed by atoms with Crippen LogP contribution in [0.1, 0.15) is 26.5 Å². The minimum atomic E-state index is 0.508. The zero-order chi connectivity index (χ0) is 15.6. The van der Waals surface area contributed by atoms with E-state index in [4.69, 9.17) is 4.42 Å². The van der Waals surface area contributed by atoms with Gasteiger partial charge in [0.2, 0.25) is 0 Å². The fourth-order valence-electron chi connectivity index (χ4n) is 1.87. The smallest absolute Gasteiger partial charge is 0.198 e. The molecule has 0 atom stereocenters. The highest BCUT2D eigenvalue weighted by Gasteiger charge is 2.17. The Balaban J connectivity index is 2.52. The third-order valence-corrected chi connectivity index (χ3v) is 5.27. The van der Waals surface area contributed by atoms with E-state index in [0.717, 1.165) is 33.4 Å². The maximum absolute atomic E-state index is 5.64. The highest BCUT2D eigenvalue weighted by molar-refractivity contribution is 9.13. The molecule has 0 aliphatic heterocycles. The van der Waals surface area contributed by atoms with E-state index >= 15 is 0 Å². The van der Waals surface area contributed by atoms with Crippen molar-refractivity contribution in [1.29, 1.82) is 0 Å². The Morgan fingerprint density at radius 3 is 2.48 bits per heavy atom. The molecule has 0 aliphatic rings. The van der Waals surface area contributed by atoms with Crippen molar-refractivity contribution >= 4 is 53.6 Å². The number of nitrogens with one attached hydrogen (secondary N) is 1. The Hall–Kier alpha value is -0.400. The van der Waals surface area contributed by atoms with Gasteiger partial charge in [-0.25, -0.2) is 9.97 Å². The fraction of sp³-hybridized carbons (Fsp3) is 0.429. The van der Waals surface area contributed by atoms with Gasteiger partial charge < -0.3 is 9.73 Å². The lowest BCUT2D eigenvalue weighted by Gasteiger charge is -2.12. The van der Waals surface area contributed by atoms with Crippen LogP contribution < -0.4 is 5.32 Å². The highest BCUT2D eigenvalue weighted by Crippen LogP contribution is 2.34. The van der Waals surface area contributed by atoms with Crippen LogP contribution in [0.15, 0.2) is 24.1 Å². The predicted octanol–water partition coefficient (Wildman–Crippen LogP) is 5.65. The van der Waals surface area contributed by atoms with E-state index in [1.807, 2.05) is 13.0 Å². The minimum Gasteiger partial charge on any atom is -0.445 e. The maximum atomic E-state index is 5.64. The summed E-state index contributed by atoms with van der Waals surface area (Å²) >= 11 is 10.4. The first-order valence-corrected chi connectivity index (χ1v) is 9.05. The summed E-state index contributed by atoms with van der Waals surface area (Å²) in [5.74, 6) is 2.51. The molecule has 2 aromatic rings. The Kier molecular flexibility index (Phi) is 5.85. The molecular weight excluding hydrogens is 466 g/mol. The molecule has 1 N–H and O–H groups in total. The second kappa shape index (κ2) is 7.24. The molecule has 0 saturated heterocycles. The fourth-order valence-corrected chi connectivity index (χ4v) is 2.92. The summed E-state index contributed by atoms with van der Waals surface area (Å²) in [6.45, 7) is 7.17. The van der Waals surface area contributed by atoms with Gasteiger partial charge in [0.05, 0.1) is 14.6 Å². The van der Waals surface area contributed by atoms with Crippen molar-refractivity contribution in [2.75, 3.05) is 11.9 Å². The zero-order valence-electron chi connectivity index (χ0n) is 12.0. The van der Waals surface area contributed by atoms with Gasteiger partial charge in [0, 0.05) is 12.6 Å². The van der Waals surface area contributed by atoms with E-state index in [1.54, 1.807) is 0 Å². The molecule has 2 aromatic heterocycles. The summed E-state index contributed by atoms with van der Waals surface area (Å²) in [4.78, 5) is 9.20. The third-order valence-electron chi connectivity index (χ3n) is 2.73. The van der Waals surface area contributed by atoms with Gasteiger partial charge in [0.25, 0.3) is 0 Å². The summed E-state index contributed by atoms with van der Waals surface area (Å²) in [6, 6.07) is 1.86. The van der Waals surface area contributed by atoms with Crippen molar-refractivity contribution in [1.82, 2.24) is 9.97 Å². The van der Waals surface area contributed by atoms with Crippen molar-refractivity contribution in [3.63, 3.8) is 0 Å². The number of furan rings is 1. The molecule has 2 heterocycles. The second-order valence-corrected chi connectivity index (χ2v) is 7.38. The molecule has 114 valence electrons. The lowest BCUT2D eigenvalue weighted by atomic mass is 10.1. The first-order chi connectivity index (χ1) is 9.92. The van der Waals surface area contributed by atoms with E-state index in [-0.39, 0.29) is 0 Å². The molecule has 2 rings (SSSR count). The standard InChI is InChI=1S/C14H16Br3N3O/c1-4-18-14-11(16)9(5-7(2)3)19-13(20-14)10-6-8(15)12(17)21-10/h6-7H,4-5H2,1-3H3,(H,18,19,20). The number of nitrogens with zero attached hydrogens (tertiary/aromatic N) is 2. The summed E-state index contributed by atoms with van der Waals surface area (Å²) < 4.78 is 8.04. The Morgan fingerprint density at radius 2 is 1.95 bits per heavy atom. The first kappa shape index (κ1) is 17.0. The van der Waals surface area contributed by atoms with Gasteiger partial charge in [-0.1, -0.05) is 13.8 Å². The van der Waals surface area contributed by atoms with Gasteiger partial charge in [0.1, 0.15) is 5.82 Å². The molecule has 0 fully saturated rings. The molecule has 0 saturated carbocycles. The van der Waals surface area contributed by atoms with Crippen LogP contribution in [0.25, 0.3) is 11.6 Å². The van der Waals surface area contributed by atoms with Crippen molar-refractivity contribution in [3.8, 4) is 11.6 Å². The average Bonchev–Trinajstić information content (AvgIpc) is 2.74. The number of anilines is 1. The van der Waals surface area contributed by atoms with E-state index in [1.165, 1.54) is 0 Å². The van der Waals surface area contributed by atoms with E-state index in [9.17, 15) is 0 Å². The van der Waals surface area contributed by atoms with Crippen LogP contribution >= 0.6 is 47.8 Å². The van der Waals surface area contributed by atoms with Gasteiger partial charge >= 0.3 is 0 Å². The van der Waals surface area contributed by atoms with E-state index in [0.29, 0.717) is 22.2 Å². The summed E-state index contributed by atoms with van der Waals surface area (Å²) in [5, 5.41) is 3.26. The Labute approximate surface area is 149 Å². The molecule has 0 spiro atoms. The van der Waals surface area contributed by atoms with E-state index < -0.39 is 0 Å². The predicted molar refractivity (Wildman–Crippen MR) is 95.5 cm³/mol. The van der Waals surface area contributed by atoms with E-state index in [2.05, 4.69) is 76.9 Å². The van der Waals surface area contributed by atoms with Gasteiger partial charge in [-0.05, 0) is 67.1 Å². The van der Waals surface area contributed by atoms with Gasteiger partial charge in [-0.2, -0.15) is 0 Å². The average molecular weight is 482 g/mol. The van der Waals surface area contributed by atoms with Crippen molar-refractivity contribution in [2.45, 2.75) is 27.2 Å². The summed E-state index contributed by atoms with van der Waals surface area (Å²) in [7, 11) is 0. The van der Waals surface area contributed by atoms with Crippen LogP contribution in [-0.4, -0.2) is 16.5 Å². The molecule has 0 bridgehead atoms. The molecule has 0 aromatic carbocycles. The number of halogens is 3. The van der Waals surface area contributed by atoms with Crippen molar-refractivity contribution < 1.29 is 4.42 Å². The van der Waals surface area contributed by atoms with Gasteiger partial charge in [-0.3, -0.25) is 0 Å². The molecular formula is C14H16Br3N3O. The number of hydrogen-bond donors (Lipinski definition) is 1. The minimum absolute atomic E-state index is 0.508. The number of aromatic nitrogens is 2. The number of rotatable bonds is 5. The molecule has 0 amide bonds. The normalized spacial score (nSPS) is 11.2. The largest absolute Gasteiger partial charge is 0.445 e. The Morgan fingerprint density at radius 1 is 1.24 bits per heavy atom. The summed E-state index contributed by atoms with van der Waals surface area (Å²) in [6.07, 6.45) is 0.873. The summed E-state index contributed by atoms with van der Waals surface area (Å²) in [5.41, 5.74) is 0.981. The first-order valence-electron chi connectivity index (χ1n) is 6.67. The maximum Gasteiger partial charge on any atom is 0.198 e. The SMILES string of the molecule is CCNc1nc(-c2cc(Br)c(Br)o2)nc(CC(C)C)c1Br. The number of hydrogen-bond acceptors (Lipinski definition) is 4. The van der Waals surface area contributed by atoms with Crippen LogP contribution in [0.5, 0.6) is 0 Å². The monoisotopic (exact) mass is 479 g/mol. The van der Waals surface area contributed by atoms with Gasteiger partial charge in [0.15, 0.2) is 16.3 Å². The Bertz CT molecular complexity index is 621. The quantitative estimate of drug-likeness (QED) is 0.599. The lowest BCUT2D eigenvalue weighted by molar-refractivity contribution is 0.548. The lowest BCUT2D eigenvalue weighted by Crippen LogP contribution is -2.07. The van der Waals surface area contributed by atoms with Crippen molar-refractivity contribution in [2.24, 2.45) is 5.92 Å². The molecule has 21 heavy (non-hydrogen) atoms. The third kappa shape index (κ3) is 4.07. The second-order valence-electron chi connectivity index (χ2n) is 5.02. The molecule has 4 nitrogen and oxygen atoms in total. The van der Waals surface area contributed by atoms with Crippen molar-refractivity contribution in [3.05, 3.63) is 25.4 Å². The van der Waals surface area contributed by atoms with Crippen LogP contribution in [0.2, 0.25) is 0 Å². The van der Waals surface area contributed by atoms with Crippen LogP contribution in [0.4, 0.5) is 5.82 Å². The molecule has 7 heteroatoms. The molecule has 0 aliphatic carbocycles. The van der Waals surface area contributed by atoms with Crippen LogP contribution in [0.3, 0.4) is 0 Å². The topological polar surface area (TPSA) is 51.0 Å². The molecule has 0 unspecified atom stereocenters. The molecule has 0 radical (unpaired) electrons. The van der Waals surface area contributed by atoms with Gasteiger partial charge in [-0.15, -0.1) is 0 Å². The van der Waals surface area contributed by atoms with Crippen LogP contribution in [-0.2, 0) is 6.42 Å². The highest BCUT2D eigenvalue weighted by atomic mass is 79.9.